The zero-order chi connectivity index (χ0) is 20.5. The Labute approximate surface area is 175 Å². The van der Waals surface area contributed by atoms with Crippen molar-refractivity contribution < 1.29 is 5.11 Å². The molecule has 7 heteroatoms. The fraction of sp³-hybridized carbons (Fsp3) is 0.435. The number of aliphatic hydroxyl groups is 1. The van der Waals surface area contributed by atoms with Crippen molar-refractivity contribution in [2.24, 2.45) is 0 Å². The Bertz CT molecular complexity index is 1090. The molecule has 0 radical (unpaired) electrons. The average molecular weight is 406 g/mol. The number of piperidine rings is 1. The van der Waals surface area contributed by atoms with E-state index in [2.05, 4.69) is 39.2 Å². The molecule has 2 atom stereocenters. The van der Waals surface area contributed by atoms with Crippen LogP contribution in [0, 0.1) is 0 Å². The molecule has 2 aromatic heterocycles. The van der Waals surface area contributed by atoms with Crippen molar-refractivity contribution in [3.05, 3.63) is 64.8 Å². The van der Waals surface area contributed by atoms with Crippen LogP contribution in [0.15, 0.2) is 53.7 Å². The predicted octanol–water partition coefficient (Wildman–Crippen LogP) is 2.20. The lowest BCUT2D eigenvalue weighted by Crippen LogP contribution is -2.40. The van der Waals surface area contributed by atoms with E-state index >= 15 is 0 Å². The van der Waals surface area contributed by atoms with Gasteiger partial charge in [-0.25, -0.2) is 4.68 Å². The molecule has 0 bridgehead atoms. The van der Waals surface area contributed by atoms with Crippen LogP contribution in [0.3, 0.4) is 0 Å². The molecule has 0 saturated carbocycles. The molecule has 156 valence electrons. The second-order valence-corrected chi connectivity index (χ2v) is 8.43. The van der Waals surface area contributed by atoms with Crippen molar-refractivity contribution in [3.8, 4) is 0 Å². The predicted molar refractivity (Wildman–Crippen MR) is 117 cm³/mol. The van der Waals surface area contributed by atoms with Gasteiger partial charge < -0.3 is 10.0 Å². The van der Waals surface area contributed by atoms with Crippen molar-refractivity contribution in [1.29, 1.82) is 0 Å². The minimum Gasteiger partial charge on any atom is -0.391 e. The highest BCUT2D eigenvalue weighted by molar-refractivity contribution is 5.84. The summed E-state index contributed by atoms with van der Waals surface area (Å²) in [6.45, 7) is 4.04. The van der Waals surface area contributed by atoms with Gasteiger partial charge in [0.25, 0.3) is 5.56 Å². The summed E-state index contributed by atoms with van der Waals surface area (Å²) in [6, 6.07) is 10.2. The molecule has 5 rings (SSSR count). The maximum Gasteiger partial charge on any atom is 0.269 e. The summed E-state index contributed by atoms with van der Waals surface area (Å²) in [5, 5.41) is 16.7. The summed E-state index contributed by atoms with van der Waals surface area (Å²) in [5.41, 5.74) is 2.04. The summed E-state index contributed by atoms with van der Waals surface area (Å²) in [4.78, 5) is 21.5. The van der Waals surface area contributed by atoms with Crippen LogP contribution in [0.5, 0.6) is 0 Å². The highest BCUT2D eigenvalue weighted by Gasteiger charge is 2.25. The number of likely N-dealkylation sites (tertiary alicyclic amines) is 1. The molecule has 0 amide bonds. The number of hydrogen-bond donors (Lipinski definition) is 1. The molecule has 30 heavy (non-hydrogen) atoms. The highest BCUT2D eigenvalue weighted by Crippen LogP contribution is 2.25. The number of pyridine rings is 1. The molecule has 0 spiro atoms. The Hall–Kier alpha value is -2.77. The van der Waals surface area contributed by atoms with Crippen LogP contribution < -0.4 is 10.5 Å². The van der Waals surface area contributed by atoms with Gasteiger partial charge in [0, 0.05) is 50.0 Å². The highest BCUT2D eigenvalue weighted by atomic mass is 16.3. The maximum atomic E-state index is 12.8. The fourth-order valence-corrected chi connectivity index (χ4v) is 4.77. The molecule has 2 aliphatic heterocycles. The van der Waals surface area contributed by atoms with Gasteiger partial charge in [-0.15, -0.1) is 0 Å². The lowest BCUT2D eigenvalue weighted by atomic mass is 10.0. The number of hydrogen-bond acceptors (Lipinski definition) is 6. The van der Waals surface area contributed by atoms with Crippen LogP contribution in [0.25, 0.3) is 10.8 Å². The number of fused-ring (bicyclic) bond motifs is 1. The van der Waals surface area contributed by atoms with E-state index in [0.29, 0.717) is 6.54 Å². The zero-order valence-electron chi connectivity index (χ0n) is 17.0. The lowest BCUT2D eigenvalue weighted by molar-refractivity contribution is 0.160. The minimum atomic E-state index is -0.316. The van der Waals surface area contributed by atoms with Crippen LogP contribution in [-0.2, 0) is 6.54 Å². The van der Waals surface area contributed by atoms with Crippen LogP contribution >= 0.6 is 0 Å². The number of β-amino-alcohol motifs (C(OH)–C–C–N with tert-alkyl or cyclic N) is 1. The third-order valence-electron chi connectivity index (χ3n) is 6.33. The van der Waals surface area contributed by atoms with Gasteiger partial charge in [0.2, 0.25) is 0 Å². The number of nitrogens with zero attached hydrogens (tertiary/aromatic N) is 5. The van der Waals surface area contributed by atoms with Gasteiger partial charge >= 0.3 is 0 Å². The third kappa shape index (κ3) is 3.82. The first-order valence-electron chi connectivity index (χ1n) is 10.7. The fourth-order valence-electron chi connectivity index (χ4n) is 4.77. The largest absolute Gasteiger partial charge is 0.391 e. The zero-order valence-corrected chi connectivity index (χ0v) is 17.0. The third-order valence-corrected chi connectivity index (χ3v) is 6.33. The number of aliphatic hydroxyl groups excluding tert-OH is 1. The van der Waals surface area contributed by atoms with Crippen LogP contribution in [0.1, 0.15) is 30.9 Å². The van der Waals surface area contributed by atoms with E-state index in [4.69, 9.17) is 0 Å². The first kappa shape index (κ1) is 19.2. The van der Waals surface area contributed by atoms with Crippen molar-refractivity contribution in [2.75, 3.05) is 31.1 Å². The molecule has 3 aromatic rings. The molecule has 7 nitrogen and oxygen atoms in total. The van der Waals surface area contributed by atoms with E-state index in [-0.39, 0.29) is 17.7 Å². The molecule has 0 unspecified atom stereocenters. The van der Waals surface area contributed by atoms with Crippen molar-refractivity contribution in [2.45, 2.75) is 38.0 Å². The number of aromatic nitrogens is 3. The van der Waals surface area contributed by atoms with E-state index in [1.54, 1.807) is 16.9 Å². The molecular formula is C23H27N5O2. The number of rotatable bonds is 4. The van der Waals surface area contributed by atoms with E-state index in [1.165, 1.54) is 10.9 Å². The first-order valence-corrected chi connectivity index (χ1v) is 10.7. The number of anilines is 1. The van der Waals surface area contributed by atoms with E-state index in [0.717, 1.165) is 56.5 Å². The van der Waals surface area contributed by atoms with Crippen molar-refractivity contribution in [3.63, 3.8) is 0 Å². The smallest absolute Gasteiger partial charge is 0.269 e. The summed E-state index contributed by atoms with van der Waals surface area (Å²) in [7, 11) is 0. The van der Waals surface area contributed by atoms with Crippen LogP contribution in [-0.4, -0.2) is 57.1 Å². The molecule has 4 heterocycles. The summed E-state index contributed by atoms with van der Waals surface area (Å²) < 4.78 is 1.65. The minimum absolute atomic E-state index is 0.0584. The standard InChI is InChI=1S/C23H27N5O2/c29-21-7-10-27(16-21)20-11-23(30)28(25-13-20)19-5-2-9-26(15-19)14-18-4-1-3-17-12-24-8-6-22(17)18/h1,3-4,6,8,11-13,19,21,29H,2,5,7,9-10,14-16H2/t19-,21+/m1/s1. The van der Waals surface area contributed by atoms with Gasteiger partial charge in [0.15, 0.2) is 0 Å². The van der Waals surface area contributed by atoms with Crippen molar-refractivity contribution >= 4 is 16.5 Å². The Balaban J connectivity index is 1.32. The van der Waals surface area contributed by atoms with Gasteiger partial charge in [-0.1, -0.05) is 18.2 Å². The number of benzene rings is 1. The summed E-state index contributed by atoms with van der Waals surface area (Å²) in [5.74, 6) is 0. The molecule has 2 saturated heterocycles. The lowest BCUT2D eigenvalue weighted by Gasteiger charge is -2.33. The Morgan fingerprint density at radius 3 is 2.87 bits per heavy atom. The second kappa shape index (κ2) is 8.16. The van der Waals surface area contributed by atoms with Crippen molar-refractivity contribution in [1.82, 2.24) is 19.7 Å². The Morgan fingerprint density at radius 1 is 1.10 bits per heavy atom. The van der Waals surface area contributed by atoms with Gasteiger partial charge in [-0.3, -0.25) is 14.7 Å². The van der Waals surface area contributed by atoms with Crippen LogP contribution in [0.2, 0.25) is 0 Å². The van der Waals surface area contributed by atoms with Gasteiger partial charge in [-0.05, 0) is 42.8 Å². The Morgan fingerprint density at radius 2 is 2.03 bits per heavy atom. The molecule has 1 N–H and O–H groups in total. The SMILES string of the molecule is O=c1cc(N2CC[C@H](O)C2)cnn1[C@@H]1CCCN(Cc2cccc3cnccc23)C1. The molecule has 1 aromatic carbocycles. The quantitative estimate of drug-likeness (QED) is 0.717. The van der Waals surface area contributed by atoms with Crippen LogP contribution in [0.4, 0.5) is 5.69 Å². The summed E-state index contributed by atoms with van der Waals surface area (Å²) >= 11 is 0. The van der Waals surface area contributed by atoms with Gasteiger partial charge in [0.1, 0.15) is 0 Å². The van der Waals surface area contributed by atoms with Gasteiger partial charge in [-0.2, -0.15) is 5.10 Å². The maximum absolute atomic E-state index is 12.8. The summed E-state index contributed by atoms with van der Waals surface area (Å²) in [6.07, 6.45) is 7.96. The first-order chi connectivity index (χ1) is 14.7. The molecule has 2 fully saturated rings. The normalized spacial score (nSPS) is 22.6. The second-order valence-electron chi connectivity index (χ2n) is 8.43. The topological polar surface area (TPSA) is 74.5 Å². The molecule has 0 aliphatic carbocycles. The molecular weight excluding hydrogens is 378 g/mol. The van der Waals surface area contributed by atoms with E-state index in [9.17, 15) is 9.90 Å². The Kier molecular flexibility index (Phi) is 5.23. The van der Waals surface area contributed by atoms with E-state index < -0.39 is 0 Å². The monoisotopic (exact) mass is 405 g/mol. The van der Waals surface area contributed by atoms with E-state index in [1.807, 2.05) is 17.3 Å². The van der Waals surface area contributed by atoms with Gasteiger partial charge in [0.05, 0.1) is 24.0 Å². The molecule has 2 aliphatic rings. The average Bonchev–Trinajstić information content (AvgIpc) is 3.20.